The highest BCUT2D eigenvalue weighted by Gasteiger charge is 2.23. The van der Waals surface area contributed by atoms with Crippen molar-refractivity contribution in [3.8, 4) is 17.2 Å². The van der Waals surface area contributed by atoms with E-state index in [0.29, 0.717) is 36.2 Å². The van der Waals surface area contributed by atoms with E-state index in [2.05, 4.69) is 4.90 Å². The van der Waals surface area contributed by atoms with Gasteiger partial charge in [-0.1, -0.05) is 11.3 Å². The van der Waals surface area contributed by atoms with Crippen LogP contribution in [0, 0.1) is 0 Å². The van der Waals surface area contributed by atoms with Crippen LogP contribution >= 0.6 is 11.3 Å². The number of carbonyl (C=O) groups is 1. The third kappa shape index (κ3) is 4.34. The summed E-state index contributed by atoms with van der Waals surface area (Å²) in [6.07, 6.45) is 0.841. The molecule has 1 aliphatic heterocycles. The van der Waals surface area contributed by atoms with Crippen LogP contribution in [0.2, 0.25) is 0 Å². The Bertz CT molecular complexity index is 990. The molecule has 1 amide bonds. The Morgan fingerprint density at radius 1 is 1.10 bits per heavy atom. The molecule has 0 radical (unpaired) electrons. The monoisotopic (exact) mass is 427 g/mol. The Kier molecular flexibility index (Phi) is 6.06. The van der Waals surface area contributed by atoms with E-state index in [0.717, 1.165) is 34.7 Å². The number of ether oxygens (including phenoxy) is 3. The maximum absolute atomic E-state index is 13.3. The minimum absolute atomic E-state index is 0.0762. The van der Waals surface area contributed by atoms with E-state index in [9.17, 15) is 4.79 Å². The number of aromatic nitrogens is 1. The van der Waals surface area contributed by atoms with Gasteiger partial charge in [0.15, 0.2) is 16.6 Å². The van der Waals surface area contributed by atoms with Crippen molar-refractivity contribution in [3.05, 3.63) is 42.0 Å². The third-order valence-corrected chi connectivity index (χ3v) is 5.88. The summed E-state index contributed by atoms with van der Waals surface area (Å²) >= 11 is 1.49. The summed E-state index contributed by atoms with van der Waals surface area (Å²) in [6, 6.07) is 11.0. The van der Waals surface area contributed by atoms with Gasteiger partial charge < -0.3 is 19.1 Å². The van der Waals surface area contributed by atoms with Crippen LogP contribution in [0.5, 0.6) is 17.2 Å². The first-order valence-electron chi connectivity index (χ1n) is 9.86. The van der Waals surface area contributed by atoms with Crippen molar-refractivity contribution in [2.45, 2.75) is 6.42 Å². The molecule has 8 heteroatoms. The number of fused-ring (bicyclic) bond motifs is 2. The number of amides is 1. The maximum Gasteiger partial charge on any atom is 0.260 e. The molecule has 0 bridgehead atoms. The van der Waals surface area contributed by atoms with Gasteiger partial charge in [-0.05, 0) is 51.3 Å². The molecule has 4 rings (SSSR count). The Morgan fingerprint density at radius 3 is 2.47 bits per heavy atom. The summed E-state index contributed by atoms with van der Waals surface area (Å²) in [7, 11) is 5.66. The van der Waals surface area contributed by atoms with Crippen molar-refractivity contribution in [2.24, 2.45) is 0 Å². The highest BCUT2D eigenvalue weighted by Crippen LogP contribution is 2.39. The molecule has 0 aliphatic carbocycles. The fourth-order valence-electron chi connectivity index (χ4n) is 3.29. The molecule has 0 saturated carbocycles. The number of benzene rings is 2. The van der Waals surface area contributed by atoms with E-state index in [1.54, 1.807) is 36.3 Å². The van der Waals surface area contributed by atoms with Crippen LogP contribution < -0.4 is 19.1 Å². The van der Waals surface area contributed by atoms with E-state index >= 15 is 0 Å². The molecule has 2 aromatic carbocycles. The lowest BCUT2D eigenvalue weighted by molar-refractivity contribution is 0.0986. The van der Waals surface area contributed by atoms with Gasteiger partial charge in [-0.25, -0.2) is 4.98 Å². The molecular formula is C22H25N3O4S. The highest BCUT2D eigenvalue weighted by molar-refractivity contribution is 7.22. The van der Waals surface area contributed by atoms with E-state index in [-0.39, 0.29) is 5.91 Å². The van der Waals surface area contributed by atoms with Crippen LogP contribution in [0.15, 0.2) is 36.4 Å². The van der Waals surface area contributed by atoms with E-state index in [1.165, 1.54) is 11.3 Å². The average Bonchev–Trinajstić information content (AvgIpc) is 3.16. The van der Waals surface area contributed by atoms with Gasteiger partial charge in [0.2, 0.25) is 0 Å². The van der Waals surface area contributed by atoms with Gasteiger partial charge in [-0.3, -0.25) is 9.69 Å². The molecule has 0 saturated heterocycles. The van der Waals surface area contributed by atoms with Crippen molar-refractivity contribution in [1.29, 1.82) is 0 Å². The highest BCUT2D eigenvalue weighted by atomic mass is 32.1. The fraction of sp³-hybridized carbons (Fsp3) is 0.364. The molecule has 158 valence electrons. The fourth-order valence-corrected chi connectivity index (χ4v) is 4.29. The Hall–Kier alpha value is -2.84. The largest absolute Gasteiger partial charge is 0.497 e. The first-order chi connectivity index (χ1) is 14.5. The molecule has 2 heterocycles. The quantitative estimate of drug-likeness (QED) is 0.573. The molecule has 0 atom stereocenters. The summed E-state index contributed by atoms with van der Waals surface area (Å²) in [5, 5.41) is 0.673. The van der Waals surface area contributed by atoms with Crippen LogP contribution in [0.25, 0.3) is 10.2 Å². The number of rotatable bonds is 7. The van der Waals surface area contributed by atoms with Gasteiger partial charge in [-0.15, -0.1) is 0 Å². The molecule has 3 aromatic rings. The van der Waals surface area contributed by atoms with Crippen LogP contribution in [0.1, 0.15) is 16.8 Å². The molecular weight excluding hydrogens is 402 g/mol. The minimum Gasteiger partial charge on any atom is -0.497 e. The van der Waals surface area contributed by atoms with Crippen LogP contribution in [-0.2, 0) is 0 Å². The molecule has 0 unspecified atom stereocenters. The zero-order valence-electron chi connectivity index (χ0n) is 17.4. The maximum atomic E-state index is 13.3. The van der Waals surface area contributed by atoms with Gasteiger partial charge in [0.25, 0.3) is 5.91 Å². The summed E-state index contributed by atoms with van der Waals surface area (Å²) in [5.74, 6) is 2.07. The number of thiazole rings is 1. The lowest BCUT2D eigenvalue weighted by atomic mass is 10.2. The third-order valence-electron chi connectivity index (χ3n) is 4.84. The molecule has 1 aliphatic rings. The summed E-state index contributed by atoms with van der Waals surface area (Å²) in [5.41, 5.74) is 1.41. The first kappa shape index (κ1) is 20.4. The number of hydrogen-bond acceptors (Lipinski definition) is 7. The normalized spacial score (nSPS) is 12.9. The number of carbonyl (C=O) groups excluding carboxylic acids is 1. The van der Waals surface area contributed by atoms with Gasteiger partial charge in [0.05, 0.1) is 17.3 Å². The average molecular weight is 428 g/mol. The van der Waals surface area contributed by atoms with Crippen molar-refractivity contribution >= 4 is 32.6 Å². The second-order valence-corrected chi connectivity index (χ2v) is 8.31. The Labute approximate surface area is 179 Å². The van der Waals surface area contributed by atoms with Crippen LogP contribution in [0.4, 0.5) is 5.13 Å². The SMILES string of the molecule is COc1ccc(C(=O)N(CCCN(C)C)c2nc3cc4c(cc3s2)OCCO4)cc1. The van der Waals surface area contributed by atoms with Gasteiger partial charge in [-0.2, -0.15) is 0 Å². The predicted molar refractivity (Wildman–Crippen MR) is 118 cm³/mol. The van der Waals surface area contributed by atoms with Gasteiger partial charge in [0.1, 0.15) is 19.0 Å². The number of nitrogens with zero attached hydrogens (tertiary/aromatic N) is 3. The molecule has 0 fully saturated rings. The van der Waals surface area contributed by atoms with Crippen LogP contribution in [0.3, 0.4) is 0 Å². The van der Waals surface area contributed by atoms with Crippen molar-refractivity contribution < 1.29 is 19.0 Å². The van der Waals surface area contributed by atoms with E-state index in [1.807, 2.05) is 26.2 Å². The van der Waals surface area contributed by atoms with Gasteiger partial charge >= 0.3 is 0 Å². The summed E-state index contributed by atoms with van der Waals surface area (Å²) in [6.45, 7) is 2.53. The second-order valence-electron chi connectivity index (χ2n) is 7.30. The van der Waals surface area contributed by atoms with Crippen molar-refractivity contribution in [3.63, 3.8) is 0 Å². The van der Waals surface area contributed by atoms with Gasteiger partial charge in [0, 0.05) is 24.2 Å². The number of anilines is 1. The summed E-state index contributed by atoms with van der Waals surface area (Å²) < 4.78 is 17.5. The minimum atomic E-state index is -0.0762. The number of methoxy groups -OCH3 is 1. The topological polar surface area (TPSA) is 64.1 Å². The standard InChI is InChI=1S/C22H25N3O4S/c1-24(2)9-4-10-25(21(26)15-5-7-16(27-3)8-6-15)22-23-17-13-18-19(14-20(17)30-22)29-12-11-28-18/h5-8,13-14H,4,9-12H2,1-3H3. The molecule has 30 heavy (non-hydrogen) atoms. The summed E-state index contributed by atoms with van der Waals surface area (Å²) in [4.78, 5) is 22.0. The number of hydrogen-bond donors (Lipinski definition) is 0. The zero-order valence-corrected chi connectivity index (χ0v) is 18.2. The van der Waals surface area contributed by atoms with E-state index < -0.39 is 0 Å². The Balaban J connectivity index is 1.66. The van der Waals surface area contributed by atoms with E-state index in [4.69, 9.17) is 19.2 Å². The Morgan fingerprint density at radius 2 is 1.80 bits per heavy atom. The van der Waals surface area contributed by atoms with Crippen molar-refractivity contribution in [2.75, 3.05) is 52.4 Å². The first-order valence-corrected chi connectivity index (χ1v) is 10.7. The predicted octanol–water partition coefficient (Wildman–Crippen LogP) is 3.67. The van der Waals surface area contributed by atoms with Crippen LogP contribution in [-0.4, -0.2) is 63.3 Å². The molecule has 7 nitrogen and oxygen atoms in total. The lowest BCUT2D eigenvalue weighted by Gasteiger charge is -2.21. The molecule has 0 N–H and O–H groups in total. The second kappa shape index (κ2) is 8.89. The zero-order chi connectivity index (χ0) is 21.1. The molecule has 1 aromatic heterocycles. The van der Waals surface area contributed by atoms with Crippen molar-refractivity contribution in [1.82, 2.24) is 9.88 Å². The molecule has 0 spiro atoms. The smallest absolute Gasteiger partial charge is 0.260 e. The lowest BCUT2D eigenvalue weighted by Crippen LogP contribution is -2.33.